The van der Waals surface area contributed by atoms with E-state index in [-0.39, 0.29) is 0 Å². The van der Waals surface area contributed by atoms with Gasteiger partial charge >= 0.3 is 0 Å². The number of carbonyl (C=O) groups excluding carboxylic acids is 1. The summed E-state index contributed by atoms with van der Waals surface area (Å²) in [4.78, 5) is 14.9. The molecule has 0 radical (unpaired) electrons. The zero-order valence-corrected chi connectivity index (χ0v) is 7.21. The van der Waals surface area contributed by atoms with Crippen LogP contribution < -0.4 is 0 Å². The molecule has 0 aliphatic rings. The fourth-order valence-electron chi connectivity index (χ4n) is 0.938. The molecule has 4 nitrogen and oxygen atoms in total. The largest absolute Gasteiger partial charge is 0.385 e. The maximum Gasteiger partial charge on any atom is 0.193 e. The first-order valence-electron chi connectivity index (χ1n) is 3.92. The van der Waals surface area contributed by atoms with Gasteiger partial charge in [0.2, 0.25) is 0 Å². The van der Waals surface area contributed by atoms with Crippen molar-refractivity contribution >= 4 is 5.78 Å². The van der Waals surface area contributed by atoms with Crippen molar-refractivity contribution in [2.24, 2.45) is 0 Å². The van der Waals surface area contributed by atoms with Crippen LogP contribution >= 0.6 is 0 Å². The van der Waals surface area contributed by atoms with E-state index in [4.69, 9.17) is 5.11 Å². The first kappa shape index (κ1) is 9.83. The van der Waals surface area contributed by atoms with E-state index in [1.54, 1.807) is 0 Å². The number of nitrogens with zero attached hydrogens (tertiary/aromatic N) is 1. The van der Waals surface area contributed by atoms with Crippen LogP contribution in [0.5, 0.6) is 0 Å². The molecule has 13 heavy (non-hydrogen) atoms. The van der Waals surface area contributed by atoms with E-state index in [0.717, 1.165) is 0 Å². The van der Waals surface area contributed by atoms with Crippen molar-refractivity contribution in [1.82, 2.24) is 4.98 Å². The van der Waals surface area contributed by atoms with Gasteiger partial charge in [-0.05, 0) is 24.6 Å². The van der Waals surface area contributed by atoms with Gasteiger partial charge in [0.25, 0.3) is 0 Å². The Bertz CT molecular complexity index is 284. The Hall–Kier alpha value is -1.26. The summed E-state index contributed by atoms with van der Waals surface area (Å²) >= 11 is 0. The van der Waals surface area contributed by atoms with E-state index in [1.165, 1.54) is 31.5 Å². The van der Waals surface area contributed by atoms with E-state index in [1.807, 2.05) is 0 Å². The molecule has 0 aliphatic heterocycles. The Kier molecular flexibility index (Phi) is 3.11. The zero-order valence-electron chi connectivity index (χ0n) is 7.21. The van der Waals surface area contributed by atoms with E-state index in [2.05, 4.69) is 4.98 Å². The summed E-state index contributed by atoms with van der Waals surface area (Å²) in [6.07, 6.45) is 0.549. The minimum Gasteiger partial charge on any atom is -0.385 e. The lowest BCUT2D eigenvalue weighted by molar-refractivity contribution is -0.135. The fourth-order valence-corrected chi connectivity index (χ4v) is 0.938. The number of hydrogen-bond donors (Lipinski definition) is 2. The van der Waals surface area contributed by atoms with Gasteiger partial charge in [-0.1, -0.05) is 0 Å². The molecule has 2 unspecified atom stereocenters. The van der Waals surface area contributed by atoms with E-state index < -0.39 is 18.0 Å². The van der Waals surface area contributed by atoms with E-state index in [0.29, 0.717) is 5.56 Å². The Morgan fingerprint density at radius 3 is 2.38 bits per heavy atom. The number of pyridine rings is 1. The van der Waals surface area contributed by atoms with Crippen molar-refractivity contribution in [2.75, 3.05) is 0 Å². The third kappa shape index (κ3) is 2.34. The Morgan fingerprint density at radius 2 is 1.92 bits per heavy atom. The van der Waals surface area contributed by atoms with Gasteiger partial charge < -0.3 is 10.2 Å². The first-order chi connectivity index (χ1) is 6.13. The van der Waals surface area contributed by atoms with Gasteiger partial charge in [0.15, 0.2) is 5.78 Å². The highest BCUT2D eigenvalue weighted by molar-refractivity contribution is 5.87. The fraction of sp³-hybridized carbons (Fsp3) is 0.333. The van der Waals surface area contributed by atoms with Gasteiger partial charge in [0.05, 0.1) is 0 Å². The number of hydrogen-bond acceptors (Lipinski definition) is 4. The third-order valence-electron chi connectivity index (χ3n) is 1.70. The van der Waals surface area contributed by atoms with Crippen LogP contribution in [0.1, 0.15) is 18.6 Å². The molecule has 2 N–H and O–H groups in total. The van der Waals surface area contributed by atoms with Crippen LogP contribution in [0.4, 0.5) is 0 Å². The monoisotopic (exact) mass is 181 g/mol. The summed E-state index contributed by atoms with van der Waals surface area (Å²) in [5.41, 5.74) is 0.445. The average molecular weight is 181 g/mol. The summed E-state index contributed by atoms with van der Waals surface area (Å²) in [5.74, 6) is -0.605. The zero-order chi connectivity index (χ0) is 9.84. The van der Waals surface area contributed by atoms with Gasteiger partial charge in [-0.15, -0.1) is 0 Å². The highest BCUT2D eigenvalue weighted by atomic mass is 16.3. The van der Waals surface area contributed by atoms with E-state index >= 15 is 0 Å². The summed E-state index contributed by atoms with van der Waals surface area (Å²) in [6, 6.07) is 3.07. The molecule has 70 valence electrons. The molecule has 0 amide bonds. The molecule has 0 fully saturated rings. The lowest BCUT2D eigenvalue weighted by Gasteiger charge is -2.10. The second-order valence-corrected chi connectivity index (χ2v) is 2.76. The number of rotatable bonds is 3. The summed E-state index contributed by atoms with van der Waals surface area (Å²) in [6.45, 7) is 1.33. The Balaban J connectivity index is 2.80. The highest BCUT2D eigenvalue weighted by Gasteiger charge is 2.20. The van der Waals surface area contributed by atoms with Gasteiger partial charge in [0, 0.05) is 12.4 Å². The van der Waals surface area contributed by atoms with Gasteiger partial charge in [-0.25, -0.2) is 0 Å². The van der Waals surface area contributed by atoms with Crippen LogP contribution in [-0.4, -0.2) is 27.1 Å². The van der Waals surface area contributed by atoms with Gasteiger partial charge in [0.1, 0.15) is 12.2 Å². The minimum absolute atomic E-state index is 0.445. The summed E-state index contributed by atoms with van der Waals surface area (Å²) in [5, 5.41) is 18.3. The van der Waals surface area contributed by atoms with Crippen LogP contribution in [0, 0.1) is 0 Å². The molecule has 0 aromatic carbocycles. The normalized spacial score (nSPS) is 15.0. The van der Waals surface area contributed by atoms with Crippen LogP contribution in [0.2, 0.25) is 0 Å². The molecule has 2 atom stereocenters. The highest BCUT2D eigenvalue weighted by Crippen LogP contribution is 2.13. The molecule has 0 saturated carbocycles. The van der Waals surface area contributed by atoms with Crippen molar-refractivity contribution in [2.45, 2.75) is 19.1 Å². The predicted molar refractivity (Wildman–Crippen MR) is 45.9 cm³/mol. The minimum atomic E-state index is -1.26. The standard InChI is InChI=1S/C9H11NO3/c1-6(11)8(12)9(13)7-2-4-10-5-3-7/h2-6,9,11,13H,1H3. The molecule has 1 aromatic heterocycles. The molecule has 0 bridgehead atoms. The molecule has 1 rings (SSSR count). The van der Waals surface area contributed by atoms with Crippen LogP contribution in [0.25, 0.3) is 0 Å². The molecule has 0 spiro atoms. The van der Waals surface area contributed by atoms with Crippen LogP contribution in [-0.2, 0) is 4.79 Å². The van der Waals surface area contributed by atoms with Crippen LogP contribution in [0.3, 0.4) is 0 Å². The lowest BCUT2D eigenvalue weighted by atomic mass is 10.0. The second-order valence-electron chi connectivity index (χ2n) is 2.76. The SMILES string of the molecule is CC(O)C(=O)C(O)c1ccncc1. The Labute approximate surface area is 75.9 Å². The number of Topliss-reactive ketones (excluding diaryl/α,β-unsaturated/α-hetero) is 1. The molecule has 4 heteroatoms. The lowest BCUT2D eigenvalue weighted by Crippen LogP contribution is -2.23. The third-order valence-corrected chi connectivity index (χ3v) is 1.70. The second kappa shape index (κ2) is 4.11. The van der Waals surface area contributed by atoms with E-state index in [9.17, 15) is 9.90 Å². The predicted octanol–water partition coefficient (Wildman–Crippen LogP) is 0.0649. The maximum absolute atomic E-state index is 11.1. The van der Waals surface area contributed by atoms with Gasteiger partial charge in [-0.3, -0.25) is 9.78 Å². The first-order valence-corrected chi connectivity index (χ1v) is 3.92. The van der Waals surface area contributed by atoms with Gasteiger partial charge in [-0.2, -0.15) is 0 Å². The van der Waals surface area contributed by atoms with Crippen molar-refractivity contribution in [1.29, 1.82) is 0 Å². The number of aliphatic hydroxyl groups excluding tert-OH is 2. The van der Waals surface area contributed by atoms with Crippen molar-refractivity contribution < 1.29 is 15.0 Å². The summed E-state index contributed by atoms with van der Waals surface area (Å²) < 4.78 is 0. The Morgan fingerprint density at radius 1 is 1.38 bits per heavy atom. The number of carbonyl (C=O) groups is 1. The molecule has 0 aliphatic carbocycles. The van der Waals surface area contributed by atoms with Crippen molar-refractivity contribution in [3.63, 3.8) is 0 Å². The molecular formula is C9H11NO3. The maximum atomic E-state index is 11.1. The van der Waals surface area contributed by atoms with Crippen molar-refractivity contribution in [3.8, 4) is 0 Å². The molecular weight excluding hydrogens is 170 g/mol. The quantitative estimate of drug-likeness (QED) is 0.692. The molecule has 0 saturated heterocycles. The molecule has 1 heterocycles. The number of aliphatic hydroxyl groups is 2. The number of aromatic nitrogens is 1. The van der Waals surface area contributed by atoms with Crippen molar-refractivity contribution in [3.05, 3.63) is 30.1 Å². The summed E-state index contributed by atoms with van der Waals surface area (Å²) in [7, 11) is 0. The smallest absolute Gasteiger partial charge is 0.193 e. The average Bonchev–Trinajstić information content (AvgIpc) is 2.17. The number of ketones is 1. The van der Waals surface area contributed by atoms with Crippen LogP contribution in [0.15, 0.2) is 24.5 Å². The topological polar surface area (TPSA) is 70.4 Å². The molecule has 1 aromatic rings.